The molecule has 5 nitrogen and oxygen atoms in total. The van der Waals surface area contributed by atoms with Gasteiger partial charge in [0.05, 0.1) is 11.3 Å². The van der Waals surface area contributed by atoms with Crippen LogP contribution in [0.4, 0.5) is 0 Å². The number of hydrogen-bond donors (Lipinski definition) is 1. The summed E-state index contributed by atoms with van der Waals surface area (Å²) in [6.07, 6.45) is 7.30. The number of amides is 1. The van der Waals surface area contributed by atoms with Gasteiger partial charge in [-0.2, -0.15) is 0 Å². The van der Waals surface area contributed by atoms with Crippen LogP contribution >= 0.6 is 11.8 Å². The van der Waals surface area contributed by atoms with E-state index >= 15 is 0 Å². The zero-order valence-electron chi connectivity index (χ0n) is 16.9. The van der Waals surface area contributed by atoms with Crippen molar-refractivity contribution < 1.29 is 4.79 Å². The summed E-state index contributed by atoms with van der Waals surface area (Å²) in [6.45, 7) is 5.52. The first kappa shape index (κ1) is 20.0. The van der Waals surface area contributed by atoms with E-state index in [-0.39, 0.29) is 11.9 Å². The van der Waals surface area contributed by atoms with Crippen LogP contribution in [0.1, 0.15) is 42.2 Å². The zero-order chi connectivity index (χ0) is 20.1. The van der Waals surface area contributed by atoms with Crippen LogP contribution in [0.2, 0.25) is 0 Å². The molecule has 1 amide bonds. The van der Waals surface area contributed by atoms with E-state index in [2.05, 4.69) is 28.3 Å². The van der Waals surface area contributed by atoms with Crippen LogP contribution in [0.5, 0.6) is 0 Å². The zero-order valence-corrected chi connectivity index (χ0v) is 17.7. The van der Waals surface area contributed by atoms with Crippen molar-refractivity contribution in [1.82, 2.24) is 19.6 Å². The fourth-order valence-corrected chi connectivity index (χ4v) is 4.80. The van der Waals surface area contributed by atoms with Gasteiger partial charge in [0.1, 0.15) is 5.65 Å². The van der Waals surface area contributed by atoms with Gasteiger partial charge in [-0.15, -0.1) is 11.8 Å². The lowest BCUT2D eigenvalue weighted by atomic mass is 10.0. The largest absolute Gasteiger partial charge is 0.349 e. The molecule has 1 aromatic carbocycles. The molecule has 0 bridgehead atoms. The number of pyridine rings is 1. The molecule has 0 saturated carbocycles. The third-order valence-electron chi connectivity index (χ3n) is 5.38. The first-order valence-corrected chi connectivity index (χ1v) is 11.4. The summed E-state index contributed by atoms with van der Waals surface area (Å²) >= 11 is 1.67. The maximum Gasteiger partial charge on any atom is 0.252 e. The van der Waals surface area contributed by atoms with Gasteiger partial charge in [-0.1, -0.05) is 25.1 Å². The minimum atomic E-state index is 0.0389. The third kappa shape index (κ3) is 5.00. The van der Waals surface area contributed by atoms with E-state index < -0.39 is 0 Å². The highest BCUT2D eigenvalue weighted by Crippen LogP contribution is 2.26. The predicted molar refractivity (Wildman–Crippen MR) is 118 cm³/mol. The van der Waals surface area contributed by atoms with Crippen molar-refractivity contribution in [1.29, 1.82) is 0 Å². The van der Waals surface area contributed by atoms with Crippen molar-refractivity contribution in [3.05, 3.63) is 66.1 Å². The molecule has 4 rings (SSSR count). The molecule has 0 unspecified atom stereocenters. The number of thioether (sulfide) groups is 1. The molecule has 0 radical (unpaired) electrons. The Hall–Kier alpha value is -2.31. The van der Waals surface area contributed by atoms with E-state index in [0.29, 0.717) is 0 Å². The minimum absolute atomic E-state index is 0.0389. The quantitative estimate of drug-likeness (QED) is 0.595. The standard InChI is InChI=1S/C23H28N4OS/c1-2-12-26-14-10-18(11-15-26)25-23(28)20-7-3-4-8-21(20)29-17-19-16-27-13-6-5-9-22(27)24-19/h3-9,13,16,18H,2,10-12,14-15,17H2,1H3,(H,25,28). The summed E-state index contributed by atoms with van der Waals surface area (Å²) in [4.78, 5) is 21.1. The number of nitrogens with zero attached hydrogens (tertiary/aromatic N) is 3. The maximum absolute atomic E-state index is 12.9. The number of carbonyl (C=O) groups excluding carboxylic acids is 1. The minimum Gasteiger partial charge on any atom is -0.349 e. The van der Waals surface area contributed by atoms with E-state index in [9.17, 15) is 4.79 Å². The van der Waals surface area contributed by atoms with Crippen LogP contribution in [0.3, 0.4) is 0 Å². The van der Waals surface area contributed by atoms with Gasteiger partial charge in [0.2, 0.25) is 0 Å². The normalized spacial score (nSPS) is 15.6. The topological polar surface area (TPSA) is 49.6 Å². The second kappa shape index (κ2) is 9.46. The first-order chi connectivity index (χ1) is 14.2. The first-order valence-electron chi connectivity index (χ1n) is 10.4. The molecule has 2 aromatic heterocycles. The van der Waals surface area contributed by atoms with E-state index in [1.807, 2.05) is 53.1 Å². The Labute approximate surface area is 176 Å². The number of nitrogens with one attached hydrogen (secondary N) is 1. The van der Waals surface area contributed by atoms with Gasteiger partial charge in [-0.05, 0) is 50.1 Å². The second-order valence-electron chi connectivity index (χ2n) is 7.57. The average molecular weight is 409 g/mol. The van der Waals surface area contributed by atoms with Crippen LogP contribution in [0.15, 0.2) is 59.8 Å². The average Bonchev–Trinajstić information content (AvgIpc) is 3.17. The molecule has 0 atom stereocenters. The summed E-state index contributed by atoms with van der Waals surface area (Å²) in [5.74, 6) is 0.776. The Bertz CT molecular complexity index is 929. The van der Waals surface area contributed by atoms with Gasteiger partial charge in [0.25, 0.3) is 5.91 Å². The SMILES string of the molecule is CCCN1CCC(NC(=O)c2ccccc2SCc2cn3ccccc3n2)CC1. The highest BCUT2D eigenvalue weighted by molar-refractivity contribution is 7.98. The summed E-state index contributed by atoms with van der Waals surface area (Å²) in [7, 11) is 0. The van der Waals surface area contributed by atoms with E-state index in [1.165, 1.54) is 6.42 Å². The molecule has 1 fully saturated rings. The molecule has 152 valence electrons. The molecule has 29 heavy (non-hydrogen) atoms. The monoisotopic (exact) mass is 408 g/mol. The van der Waals surface area contributed by atoms with Crippen LogP contribution < -0.4 is 5.32 Å². The molecule has 3 heterocycles. The Morgan fingerprint density at radius 1 is 1.17 bits per heavy atom. The summed E-state index contributed by atoms with van der Waals surface area (Å²) in [5.41, 5.74) is 2.72. The van der Waals surface area contributed by atoms with Gasteiger partial charge in [0, 0.05) is 42.2 Å². The number of rotatable bonds is 7. The molecular formula is C23H28N4OS. The Morgan fingerprint density at radius 2 is 1.97 bits per heavy atom. The van der Waals surface area contributed by atoms with Crippen LogP contribution in [-0.2, 0) is 5.75 Å². The van der Waals surface area contributed by atoms with Crippen LogP contribution in [0.25, 0.3) is 5.65 Å². The van der Waals surface area contributed by atoms with Gasteiger partial charge >= 0.3 is 0 Å². The fourth-order valence-electron chi connectivity index (χ4n) is 3.87. The summed E-state index contributed by atoms with van der Waals surface area (Å²) in [5, 5.41) is 3.26. The Kier molecular flexibility index (Phi) is 6.52. The van der Waals surface area contributed by atoms with Gasteiger partial charge in [-0.25, -0.2) is 4.98 Å². The number of piperidine rings is 1. The number of aromatic nitrogens is 2. The van der Waals surface area contributed by atoms with Crippen molar-refractivity contribution in [2.24, 2.45) is 0 Å². The predicted octanol–water partition coefficient (Wildman–Crippen LogP) is 4.23. The number of fused-ring (bicyclic) bond motifs is 1. The van der Waals surface area contributed by atoms with Gasteiger partial charge in [-0.3, -0.25) is 4.79 Å². The molecule has 0 aliphatic carbocycles. The molecule has 1 N–H and O–H groups in total. The third-order valence-corrected chi connectivity index (χ3v) is 6.49. The molecule has 0 spiro atoms. The highest BCUT2D eigenvalue weighted by atomic mass is 32.2. The van der Waals surface area contributed by atoms with Crippen molar-refractivity contribution in [2.45, 2.75) is 42.9 Å². The van der Waals surface area contributed by atoms with E-state index in [0.717, 1.165) is 60.0 Å². The number of hydrogen-bond acceptors (Lipinski definition) is 4. The molecular weight excluding hydrogens is 380 g/mol. The number of benzene rings is 1. The Morgan fingerprint density at radius 3 is 2.76 bits per heavy atom. The number of carbonyl (C=O) groups is 1. The lowest BCUT2D eigenvalue weighted by molar-refractivity contribution is 0.0908. The molecule has 1 aliphatic heterocycles. The van der Waals surface area contributed by atoms with Crippen LogP contribution in [0, 0.1) is 0 Å². The molecule has 1 saturated heterocycles. The highest BCUT2D eigenvalue weighted by Gasteiger charge is 2.21. The number of likely N-dealkylation sites (tertiary alicyclic amines) is 1. The summed E-state index contributed by atoms with van der Waals surface area (Å²) < 4.78 is 2.03. The van der Waals surface area contributed by atoms with Crippen molar-refractivity contribution in [3.8, 4) is 0 Å². The van der Waals surface area contributed by atoms with E-state index in [1.54, 1.807) is 11.8 Å². The summed E-state index contributed by atoms with van der Waals surface area (Å²) in [6, 6.07) is 14.1. The molecule has 6 heteroatoms. The van der Waals surface area contributed by atoms with Crippen molar-refractivity contribution in [3.63, 3.8) is 0 Å². The molecule has 1 aliphatic rings. The van der Waals surface area contributed by atoms with Crippen LogP contribution in [-0.4, -0.2) is 45.9 Å². The fraction of sp³-hybridized carbons (Fsp3) is 0.391. The van der Waals surface area contributed by atoms with Crippen molar-refractivity contribution in [2.75, 3.05) is 19.6 Å². The second-order valence-corrected chi connectivity index (χ2v) is 8.59. The lowest BCUT2D eigenvalue weighted by Gasteiger charge is -2.32. The van der Waals surface area contributed by atoms with Crippen molar-refractivity contribution >= 4 is 23.3 Å². The Balaban J connectivity index is 1.38. The van der Waals surface area contributed by atoms with Gasteiger partial charge < -0.3 is 14.6 Å². The lowest BCUT2D eigenvalue weighted by Crippen LogP contribution is -2.44. The maximum atomic E-state index is 12.9. The molecule has 3 aromatic rings. The smallest absolute Gasteiger partial charge is 0.252 e. The number of imidazole rings is 1. The van der Waals surface area contributed by atoms with E-state index in [4.69, 9.17) is 0 Å². The van der Waals surface area contributed by atoms with Gasteiger partial charge in [0.15, 0.2) is 0 Å².